The first kappa shape index (κ1) is 13.1. The van der Waals surface area contributed by atoms with Crippen molar-refractivity contribution in [1.29, 1.82) is 0 Å². The minimum Gasteiger partial charge on any atom is -0.395 e. The van der Waals surface area contributed by atoms with Crippen LogP contribution >= 0.6 is 11.8 Å². The fourth-order valence-electron chi connectivity index (χ4n) is 2.19. The second-order valence-electron chi connectivity index (χ2n) is 4.70. The molecule has 0 fully saturated rings. The van der Waals surface area contributed by atoms with E-state index in [1.165, 1.54) is 11.8 Å². The highest BCUT2D eigenvalue weighted by Crippen LogP contribution is 2.33. The fraction of sp³-hybridized carbons (Fsp3) is 0.286. The minimum absolute atomic E-state index is 0.764. The van der Waals surface area contributed by atoms with Crippen molar-refractivity contribution in [1.82, 2.24) is 19.7 Å². The van der Waals surface area contributed by atoms with Crippen LogP contribution in [0.25, 0.3) is 11.0 Å². The maximum atomic E-state index is 6.19. The van der Waals surface area contributed by atoms with Crippen molar-refractivity contribution in [2.24, 2.45) is 7.05 Å². The van der Waals surface area contributed by atoms with E-state index in [1.54, 1.807) is 0 Å². The molecule has 0 unspecified atom stereocenters. The molecule has 2 heterocycles. The third-order valence-corrected chi connectivity index (χ3v) is 4.22. The number of nitrogen functional groups attached to an aromatic ring is 1. The van der Waals surface area contributed by atoms with Gasteiger partial charge in [-0.2, -0.15) is 5.10 Å². The van der Waals surface area contributed by atoms with Gasteiger partial charge in [0.1, 0.15) is 5.03 Å². The molecule has 0 saturated carbocycles. The second-order valence-corrected chi connectivity index (χ2v) is 5.68. The van der Waals surface area contributed by atoms with Crippen molar-refractivity contribution in [2.75, 3.05) is 5.73 Å². The molecule has 0 saturated heterocycles. The van der Waals surface area contributed by atoms with E-state index in [2.05, 4.69) is 22.0 Å². The molecule has 0 aliphatic carbocycles. The molecular formula is C14H17N5S. The predicted octanol–water partition coefficient (Wildman–Crippen LogP) is 2.98. The Hall–Kier alpha value is -1.95. The average molecular weight is 287 g/mol. The van der Waals surface area contributed by atoms with Crippen molar-refractivity contribution in [3.63, 3.8) is 0 Å². The van der Waals surface area contributed by atoms with Crippen LogP contribution in [0.2, 0.25) is 0 Å². The first-order valence-electron chi connectivity index (χ1n) is 6.63. The Morgan fingerprint density at radius 1 is 1.35 bits per heavy atom. The van der Waals surface area contributed by atoms with Gasteiger partial charge in [0.15, 0.2) is 5.16 Å². The molecule has 3 rings (SSSR count). The van der Waals surface area contributed by atoms with E-state index in [1.807, 2.05) is 36.0 Å². The van der Waals surface area contributed by atoms with Gasteiger partial charge in [-0.1, -0.05) is 25.5 Å². The van der Waals surface area contributed by atoms with Crippen LogP contribution in [0.4, 0.5) is 5.69 Å². The van der Waals surface area contributed by atoms with Gasteiger partial charge in [0.2, 0.25) is 0 Å². The summed E-state index contributed by atoms with van der Waals surface area (Å²) in [6.07, 6.45) is 1.94. The number of hydrogen-bond acceptors (Lipinski definition) is 4. The Morgan fingerprint density at radius 3 is 2.90 bits per heavy atom. The normalized spacial score (nSPS) is 11.3. The Kier molecular flexibility index (Phi) is 3.40. The molecule has 0 aliphatic heterocycles. The molecule has 0 radical (unpaired) electrons. The summed E-state index contributed by atoms with van der Waals surface area (Å²) in [6.45, 7) is 2.13. The summed E-state index contributed by atoms with van der Waals surface area (Å²) < 4.78 is 1.83. The van der Waals surface area contributed by atoms with Crippen molar-refractivity contribution in [2.45, 2.75) is 29.9 Å². The monoisotopic (exact) mass is 287 g/mol. The van der Waals surface area contributed by atoms with Crippen LogP contribution in [0.1, 0.15) is 19.0 Å². The van der Waals surface area contributed by atoms with Gasteiger partial charge in [-0.05, 0) is 30.3 Å². The molecule has 104 valence electrons. The molecule has 0 spiro atoms. The number of hydrogen-bond donors (Lipinski definition) is 2. The standard InChI is InChI=1S/C14H17N5S/c1-3-6-11-12(15)13(19(2)18-11)20-14-16-9-7-4-5-8-10(9)17-14/h4-5,7-8H,3,6,15H2,1-2H3,(H,16,17). The van der Waals surface area contributed by atoms with Gasteiger partial charge < -0.3 is 10.7 Å². The summed E-state index contributed by atoms with van der Waals surface area (Å²) >= 11 is 1.52. The zero-order chi connectivity index (χ0) is 14.1. The third kappa shape index (κ3) is 2.27. The number of para-hydroxylation sites is 2. The van der Waals surface area contributed by atoms with Crippen LogP contribution in [-0.2, 0) is 13.5 Å². The molecule has 0 amide bonds. The fourth-order valence-corrected chi connectivity index (χ4v) is 3.08. The Labute approximate surface area is 121 Å². The zero-order valence-electron chi connectivity index (χ0n) is 11.6. The van der Waals surface area contributed by atoms with Crippen LogP contribution in [0.3, 0.4) is 0 Å². The number of aromatic nitrogens is 4. The number of imidazole rings is 1. The summed E-state index contributed by atoms with van der Waals surface area (Å²) in [5, 5.41) is 6.25. The lowest BCUT2D eigenvalue weighted by Gasteiger charge is -1.99. The number of fused-ring (bicyclic) bond motifs is 1. The van der Waals surface area contributed by atoms with E-state index in [4.69, 9.17) is 5.73 Å². The smallest absolute Gasteiger partial charge is 0.172 e. The molecule has 3 aromatic rings. The number of nitrogens with zero attached hydrogens (tertiary/aromatic N) is 3. The van der Waals surface area contributed by atoms with Crippen molar-refractivity contribution in [3.8, 4) is 0 Å². The summed E-state index contributed by atoms with van der Waals surface area (Å²) in [6, 6.07) is 7.98. The van der Waals surface area contributed by atoms with Crippen LogP contribution in [0.5, 0.6) is 0 Å². The minimum atomic E-state index is 0.764. The number of rotatable bonds is 4. The first-order chi connectivity index (χ1) is 9.69. The van der Waals surface area contributed by atoms with E-state index in [9.17, 15) is 0 Å². The Balaban J connectivity index is 1.94. The zero-order valence-corrected chi connectivity index (χ0v) is 12.4. The number of aryl methyl sites for hydroxylation is 2. The van der Waals surface area contributed by atoms with Gasteiger partial charge in [0, 0.05) is 7.05 Å². The van der Waals surface area contributed by atoms with E-state index in [-0.39, 0.29) is 0 Å². The molecule has 20 heavy (non-hydrogen) atoms. The van der Waals surface area contributed by atoms with Gasteiger partial charge >= 0.3 is 0 Å². The van der Waals surface area contributed by atoms with Gasteiger partial charge in [-0.3, -0.25) is 4.68 Å². The second kappa shape index (κ2) is 5.20. The molecule has 0 bridgehead atoms. The van der Waals surface area contributed by atoms with Crippen molar-refractivity contribution < 1.29 is 0 Å². The maximum absolute atomic E-state index is 6.19. The number of H-pyrrole nitrogens is 1. The van der Waals surface area contributed by atoms with Gasteiger partial charge in [0.25, 0.3) is 0 Å². The number of anilines is 1. The van der Waals surface area contributed by atoms with Crippen LogP contribution in [0.15, 0.2) is 34.4 Å². The number of aromatic amines is 1. The molecule has 2 aromatic heterocycles. The predicted molar refractivity (Wildman–Crippen MR) is 81.8 cm³/mol. The lowest BCUT2D eigenvalue weighted by atomic mass is 10.2. The van der Waals surface area contributed by atoms with Crippen molar-refractivity contribution in [3.05, 3.63) is 30.0 Å². The summed E-state index contributed by atoms with van der Waals surface area (Å²) in [7, 11) is 1.92. The van der Waals surface area contributed by atoms with Crippen LogP contribution < -0.4 is 5.73 Å². The molecule has 1 aromatic carbocycles. The van der Waals surface area contributed by atoms with E-state index in [0.29, 0.717) is 0 Å². The highest BCUT2D eigenvalue weighted by atomic mass is 32.2. The van der Waals surface area contributed by atoms with Gasteiger partial charge in [0.05, 0.1) is 22.4 Å². The molecular weight excluding hydrogens is 270 g/mol. The third-order valence-electron chi connectivity index (χ3n) is 3.15. The molecule has 3 N–H and O–H groups in total. The lowest BCUT2D eigenvalue weighted by Crippen LogP contribution is -1.94. The number of nitrogens with two attached hydrogens (primary N) is 1. The van der Waals surface area contributed by atoms with E-state index >= 15 is 0 Å². The van der Waals surface area contributed by atoms with Gasteiger partial charge in [-0.15, -0.1) is 0 Å². The maximum Gasteiger partial charge on any atom is 0.172 e. The molecule has 5 nitrogen and oxygen atoms in total. The highest BCUT2D eigenvalue weighted by molar-refractivity contribution is 7.99. The summed E-state index contributed by atoms with van der Waals surface area (Å²) in [4.78, 5) is 7.85. The molecule has 0 aliphatic rings. The highest BCUT2D eigenvalue weighted by Gasteiger charge is 2.15. The summed E-state index contributed by atoms with van der Waals surface area (Å²) in [5.74, 6) is 0. The Bertz CT molecular complexity index is 710. The van der Waals surface area contributed by atoms with Crippen molar-refractivity contribution >= 4 is 28.5 Å². The lowest BCUT2D eigenvalue weighted by molar-refractivity contribution is 0.681. The quantitative estimate of drug-likeness (QED) is 0.773. The molecule has 0 atom stereocenters. The van der Waals surface area contributed by atoms with Gasteiger partial charge in [-0.25, -0.2) is 4.98 Å². The van der Waals surface area contributed by atoms with E-state index < -0.39 is 0 Å². The van der Waals surface area contributed by atoms with Crippen LogP contribution in [0, 0.1) is 0 Å². The Morgan fingerprint density at radius 2 is 2.15 bits per heavy atom. The average Bonchev–Trinajstić information content (AvgIpc) is 2.95. The summed E-state index contributed by atoms with van der Waals surface area (Å²) in [5.41, 5.74) is 9.91. The molecule has 6 heteroatoms. The van der Waals surface area contributed by atoms with Crippen LogP contribution in [-0.4, -0.2) is 19.7 Å². The topological polar surface area (TPSA) is 72.5 Å². The first-order valence-corrected chi connectivity index (χ1v) is 7.44. The number of nitrogens with one attached hydrogen (secondary N) is 1. The SMILES string of the molecule is CCCc1nn(C)c(Sc2nc3ccccc3[nH]2)c1N. The van der Waals surface area contributed by atoms with E-state index in [0.717, 1.165) is 45.4 Å². The number of benzene rings is 1. The largest absolute Gasteiger partial charge is 0.395 e.